The van der Waals surface area contributed by atoms with Crippen LogP contribution in [0.2, 0.25) is 5.02 Å². The Morgan fingerprint density at radius 3 is 2.41 bits per heavy atom. The van der Waals surface area contributed by atoms with Gasteiger partial charge < -0.3 is 15.4 Å². The predicted molar refractivity (Wildman–Crippen MR) is 112 cm³/mol. The van der Waals surface area contributed by atoms with Crippen molar-refractivity contribution >= 4 is 17.6 Å². The third-order valence-corrected chi connectivity index (χ3v) is 4.42. The summed E-state index contributed by atoms with van der Waals surface area (Å²) in [6.07, 6.45) is 1.50. The van der Waals surface area contributed by atoms with Gasteiger partial charge in [-0.15, -0.1) is 0 Å². The summed E-state index contributed by atoms with van der Waals surface area (Å²) in [5.41, 5.74) is 2.53. The highest BCUT2D eigenvalue weighted by molar-refractivity contribution is 6.30. The molecule has 2 aromatic rings. The van der Waals surface area contributed by atoms with E-state index in [1.165, 1.54) is 5.56 Å². The molecule has 27 heavy (non-hydrogen) atoms. The van der Waals surface area contributed by atoms with Gasteiger partial charge in [0, 0.05) is 18.1 Å². The number of hydrogen-bond acceptors (Lipinski definition) is 2. The van der Waals surface area contributed by atoms with Crippen molar-refractivity contribution in [1.82, 2.24) is 10.6 Å². The minimum Gasteiger partial charge on any atom is -0.494 e. The van der Waals surface area contributed by atoms with E-state index in [-0.39, 0.29) is 11.4 Å². The zero-order valence-corrected chi connectivity index (χ0v) is 17.1. The van der Waals surface area contributed by atoms with Crippen LogP contribution in [0.4, 0.5) is 4.79 Å². The van der Waals surface area contributed by atoms with E-state index < -0.39 is 0 Å². The molecule has 2 aromatic carbocycles. The molecule has 0 aliphatic rings. The summed E-state index contributed by atoms with van der Waals surface area (Å²) in [5.74, 6) is 0.856. The molecule has 0 unspecified atom stereocenters. The predicted octanol–water partition coefficient (Wildman–Crippen LogP) is 4.95. The van der Waals surface area contributed by atoms with Gasteiger partial charge in [-0.1, -0.05) is 56.6 Å². The smallest absolute Gasteiger partial charge is 0.314 e. The van der Waals surface area contributed by atoms with Gasteiger partial charge in [-0.2, -0.15) is 0 Å². The van der Waals surface area contributed by atoms with Crippen molar-refractivity contribution in [3.8, 4) is 5.75 Å². The number of benzene rings is 2. The second-order valence-corrected chi connectivity index (χ2v) is 7.98. The topological polar surface area (TPSA) is 50.4 Å². The summed E-state index contributed by atoms with van der Waals surface area (Å²) in [4.78, 5) is 11.8. The average Bonchev–Trinajstić information content (AvgIpc) is 2.61. The van der Waals surface area contributed by atoms with Gasteiger partial charge in [-0.25, -0.2) is 4.79 Å². The average molecular weight is 389 g/mol. The maximum Gasteiger partial charge on any atom is 0.314 e. The molecule has 0 spiro atoms. The van der Waals surface area contributed by atoms with Crippen LogP contribution in [-0.4, -0.2) is 25.7 Å². The minimum absolute atomic E-state index is 0.141. The van der Waals surface area contributed by atoms with Crippen molar-refractivity contribution in [3.63, 3.8) is 0 Å². The Kier molecular flexibility index (Phi) is 7.99. The largest absolute Gasteiger partial charge is 0.494 e. The number of halogens is 1. The third kappa shape index (κ3) is 7.92. The van der Waals surface area contributed by atoms with Crippen LogP contribution >= 0.6 is 11.6 Å². The van der Waals surface area contributed by atoms with E-state index in [0.29, 0.717) is 24.7 Å². The lowest BCUT2D eigenvalue weighted by Crippen LogP contribution is -2.37. The number of ether oxygens (including phenoxy) is 1. The Labute approximate surface area is 167 Å². The molecule has 2 amide bonds. The van der Waals surface area contributed by atoms with Crippen LogP contribution in [0.25, 0.3) is 0 Å². The SMILES string of the molecule is CC(C)(C)c1ccc(OCCCNC(=O)NCCc2cccc(Cl)c2)cc1. The highest BCUT2D eigenvalue weighted by Gasteiger charge is 2.12. The van der Waals surface area contributed by atoms with Crippen LogP contribution in [0.5, 0.6) is 5.75 Å². The maximum atomic E-state index is 11.8. The van der Waals surface area contributed by atoms with Crippen molar-refractivity contribution in [3.05, 3.63) is 64.7 Å². The molecule has 0 atom stereocenters. The quantitative estimate of drug-likeness (QED) is 0.628. The van der Waals surface area contributed by atoms with Crippen LogP contribution in [0, 0.1) is 0 Å². The van der Waals surface area contributed by atoms with Crippen molar-refractivity contribution in [1.29, 1.82) is 0 Å². The van der Waals surface area contributed by atoms with Gasteiger partial charge in [0.15, 0.2) is 0 Å². The Morgan fingerprint density at radius 2 is 1.74 bits per heavy atom. The summed E-state index contributed by atoms with van der Waals surface area (Å²) in [6.45, 7) is 8.28. The molecular formula is C22H29ClN2O2. The van der Waals surface area contributed by atoms with Gasteiger partial charge in [0.05, 0.1) is 6.61 Å². The fraction of sp³-hybridized carbons (Fsp3) is 0.409. The third-order valence-electron chi connectivity index (χ3n) is 4.18. The highest BCUT2D eigenvalue weighted by atomic mass is 35.5. The molecule has 0 aromatic heterocycles. The number of hydrogen-bond donors (Lipinski definition) is 2. The molecule has 0 aliphatic carbocycles. The van der Waals surface area contributed by atoms with Crippen molar-refractivity contribution in [2.45, 2.75) is 39.0 Å². The Balaban J connectivity index is 1.56. The first-order valence-electron chi connectivity index (χ1n) is 9.34. The Morgan fingerprint density at radius 1 is 1.04 bits per heavy atom. The highest BCUT2D eigenvalue weighted by Crippen LogP contribution is 2.24. The Hall–Kier alpha value is -2.20. The van der Waals surface area contributed by atoms with Crippen LogP contribution in [0.1, 0.15) is 38.3 Å². The van der Waals surface area contributed by atoms with Crippen molar-refractivity contribution in [2.75, 3.05) is 19.7 Å². The number of urea groups is 1. The van der Waals surface area contributed by atoms with Crippen LogP contribution in [0.15, 0.2) is 48.5 Å². The molecular weight excluding hydrogens is 360 g/mol. The first-order chi connectivity index (χ1) is 12.8. The lowest BCUT2D eigenvalue weighted by molar-refractivity contribution is 0.239. The number of nitrogens with one attached hydrogen (secondary N) is 2. The molecule has 0 aliphatic heterocycles. The summed E-state index contributed by atoms with van der Waals surface area (Å²) in [5, 5.41) is 6.40. The van der Waals surface area contributed by atoms with E-state index in [0.717, 1.165) is 24.2 Å². The van der Waals surface area contributed by atoms with Crippen LogP contribution < -0.4 is 15.4 Å². The first-order valence-corrected chi connectivity index (χ1v) is 9.72. The van der Waals surface area contributed by atoms with Gasteiger partial charge in [0.2, 0.25) is 0 Å². The van der Waals surface area contributed by atoms with E-state index >= 15 is 0 Å². The standard InChI is InChI=1S/C22H29ClN2O2/c1-22(2,3)18-8-10-20(11-9-18)27-15-5-13-24-21(26)25-14-12-17-6-4-7-19(23)16-17/h4,6-11,16H,5,12-15H2,1-3H3,(H2,24,25,26). The van der Waals surface area contributed by atoms with E-state index in [1.54, 1.807) is 0 Å². The number of carbonyl (C=O) groups is 1. The second kappa shape index (κ2) is 10.2. The molecule has 2 rings (SSSR count). The van der Waals surface area contributed by atoms with Crippen molar-refractivity contribution < 1.29 is 9.53 Å². The van der Waals surface area contributed by atoms with Crippen molar-refractivity contribution in [2.24, 2.45) is 0 Å². The molecule has 0 radical (unpaired) electrons. The lowest BCUT2D eigenvalue weighted by Gasteiger charge is -2.19. The maximum absolute atomic E-state index is 11.8. The van der Waals surface area contributed by atoms with Crippen LogP contribution in [-0.2, 0) is 11.8 Å². The zero-order chi connectivity index (χ0) is 19.7. The van der Waals surface area contributed by atoms with Crippen LogP contribution in [0.3, 0.4) is 0 Å². The fourth-order valence-corrected chi connectivity index (χ4v) is 2.80. The number of rotatable bonds is 8. The molecule has 4 nitrogen and oxygen atoms in total. The first kappa shape index (κ1) is 21.1. The molecule has 5 heteroatoms. The zero-order valence-electron chi connectivity index (χ0n) is 16.3. The Bertz CT molecular complexity index is 724. The normalized spacial score (nSPS) is 11.1. The molecule has 0 saturated heterocycles. The molecule has 0 fully saturated rings. The van der Waals surface area contributed by atoms with E-state index in [4.69, 9.17) is 16.3 Å². The van der Waals surface area contributed by atoms with Gasteiger partial charge in [-0.3, -0.25) is 0 Å². The lowest BCUT2D eigenvalue weighted by atomic mass is 9.87. The van der Waals surface area contributed by atoms with Gasteiger partial charge in [0.1, 0.15) is 5.75 Å². The summed E-state index contributed by atoms with van der Waals surface area (Å²) in [7, 11) is 0. The fourth-order valence-electron chi connectivity index (χ4n) is 2.59. The van der Waals surface area contributed by atoms with E-state index in [2.05, 4.69) is 43.5 Å². The van der Waals surface area contributed by atoms with E-state index in [9.17, 15) is 4.79 Å². The summed E-state index contributed by atoms with van der Waals surface area (Å²) >= 11 is 5.94. The molecule has 2 N–H and O–H groups in total. The minimum atomic E-state index is -0.161. The number of carbonyl (C=O) groups excluding carboxylic acids is 1. The molecule has 146 valence electrons. The summed E-state index contributed by atoms with van der Waals surface area (Å²) < 4.78 is 5.72. The molecule has 0 heterocycles. The van der Waals surface area contributed by atoms with Gasteiger partial charge >= 0.3 is 6.03 Å². The molecule has 0 saturated carbocycles. The number of amides is 2. The van der Waals surface area contributed by atoms with Gasteiger partial charge in [0.25, 0.3) is 0 Å². The second-order valence-electron chi connectivity index (χ2n) is 7.54. The van der Waals surface area contributed by atoms with Gasteiger partial charge in [-0.05, 0) is 53.6 Å². The van der Waals surface area contributed by atoms with E-state index in [1.807, 2.05) is 36.4 Å². The molecule has 0 bridgehead atoms. The monoisotopic (exact) mass is 388 g/mol. The summed E-state index contributed by atoms with van der Waals surface area (Å²) in [6, 6.07) is 15.7.